The van der Waals surface area contributed by atoms with E-state index in [0.29, 0.717) is 31.0 Å². The minimum Gasteiger partial charge on any atom is -0.491 e. The Hall–Kier alpha value is -2.07. The van der Waals surface area contributed by atoms with Crippen LogP contribution in [0.3, 0.4) is 0 Å². The number of furan rings is 1. The molecule has 2 rings (SSSR count). The molecule has 94 valence electrons. The van der Waals surface area contributed by atoms with Crippen molar-refractivity contribution in [1.82, 2.24) is 0 Å². The predicted molar refractivity (Wildman–Crippen MR) is 66.9 cm³/mol. The van der Waals surface area contributed by atoms with E-state index in [1.807, 2.05) is 24.3 Å². The van der Waals surface area contributed by atoms with Crippen LogP contribution in [-0.4, -0.2) is 26.6 Å². The van der Waals surface area contributed by atoms with E-state index in [4.69, 9.17) is 13.9 Å². The van der Waals surface area contributed by atoms with Crippen molar-refractivity contribution < 1.29 is 18.7 Å². The maximum atomic E-state index is 10.5. The van der Waals surface area contributed by atoms with Crippen LogP contribution < -0.4 is 4.74 Å². The van der Waals surface area contributed by atoms with E-state index in [0.717, 1.165) is 11.3 Å². The lowest BCUT2D eigenvalue weighted by Crippen LogP contribution is -2.03. The molecule has 4 nitrogen and oxygen atoms in total. The van der Waals surface area contributed by atoms with Gasteiger partial charge in [0.1, 0.15) is 18.1 Å². The van der Waals surface area contributed by atoms with E-state index in [9.17, 15) is 4.79 Å². The maximum Gasteiger partial charge on any atom is 0.185 e. The van der Waals surface area contributed by atoms with Crippen LogP contribution in [-0.2, 0) is 4.74 Å². The largest absolute Gasteiger partial charge is 0.491 e. The summed E-state index contributed by atoms with van der Waals surface area (Å²) in [6.45, 7) is 1.08. The van der Waals surface area contributed by atoms with Gasteiger partial charge in [0.05, 0.1) is 6.61 Å². The van der Waals surface area contributed by atoms with Crippen molar-refractivity contribution in [2.24, 2.45) is 0 Å². The zero-order valence-corrected chi connectivity index (χ0v) is 10.1. The van der Waals surface area contributed by atoms with Crippen molar-refractivity contribution in [3.05, 3.63) is 42.2 Å². The Kier molecular flexibility index (Phi) is 4.15. The number of carbonyl (C=O) groups is 1. The fourth-order valence-electron chi connectivity index (χ4n) is 1.53. The third-order valence-electron chi connectivity index (χ3n) is 2.44. The summed E-state index contributed by atoms with van der Waals surface area (Å²) in [6.07, 6.45) is 0.686. The molecule has 0 aliphatic carbocycles. The molecule has 0 aliphatic heterocycles. The molecular weight excluding hydrogens is 232 g/mol. The quantitative estimate of drug-likeness (QED) is 0.581. The van der Waals surface area contributed by atoms with Gasteiger partial charge in [0.2, 0.25) is 0 Å². The van der Waals surface area contributed by atoms with Crippen molar-refractivity contribution in [2.45, 2.75) is 0 Å². The van der Waals surface area contributed by atoms with Crippen LogP contribution in [0.4, 0.5) is 0 Å². The van der Waals surface area contributed by atoms with Gasteiger partial charge in [0, 0.05) is 12.7 Å². The summed E-state index contributed by atoms with van der Waals surface area (Å²) in [5, 5.41) is 0. The van der Waals surface area contributed by atoms with Crippen LogP contribution in [0, 0.1) is 0 Å². The number of hydrogen-bond donors (Lipinski definition) is 0. The molecular formula is C14H14O4. The van der Waals surface area contributed by atoms with Crippen molar-refractivity contribution in [1.29, 1.82) is 0 Å². The summed E-state index contributed by atoms with van der Waals surface area (Å²) in [5.74, 6) is 1.77. The van der Waals surface area contributed by atoms with E-state index in [1.165, 1.54) is 0 Å². The van der Waals surface area contributed by atoms with Crippen molar-refractivity contribution in [2.75, 3.05) is 20.3 Å². The van der Waals surface area contributed by atoms with Crippen LogP contribution in [0.1, 0.15) is 10.6 Å². The second kappa shape index (κ2) is 6.02. The van der Waals surface area contributed by atoms with Crippen LogP contribution in [0.25, 0.3) is 11.3 Å². The lowest BCUT2D eigenvalue weighted by atomic mass is 10.2. The predicted octanol–water partition coefficient (Wildman–Crippen LogP) is 2.78. The van der Waals surface area contributed by atoms with Gasteiger partial charge in [-0.1, -0.05) is 0 Å². The topological polar surface area (TPSA) is 48.7 Å². The first-order valence-electron chi connectivity index (χ1n) is 5.60. The number of benzene rings is 1. The van der Waals surface area contributed by atoms with E-state index in [-0.39, 0.29) is 0 Å². The smallest absolute Gasteiger partial charge is 0.185 e. The third kappa shape index (κ3) is 2.99. The molecule has 0 saturated carbocycles. The Morgan fingerprint density at radius 1 is 1.11 bits per heavy atom. The minimum atomic E-state index is 0.324. The van der Waals surface area contributed by atoms with E-state index >= 15 is 0 Å². The summed E-state index contributed by atoms with van der Waals surface area (Å²) in [4.78, 5) is 10.5. The highest BCUT2D eigenvalue weighted by Crippen LogP contribution is 2.24. The number of ether oxygens (including phenoxy) is 2. The first kappa shape index (κ1) is 12.4. The lowest BCUT2D eigenvalue weighted by Gasteiger charge is -2.05. The zero-order valence-electron chi connectivity index (χ0n) is 10.1. The standard InChI is InChI=1S/C14H14O4/c1-16-8-9-17-12-4-2-11(3-5-12)14-7-6-13(10-15)18-14/h2-7,10H,8-9H2,1H3. The van der Waals surface area contributed by atoms with Gasteiger partial charge in [-0.3, -0.25) is 4.79 Å². The molecule has 0 aliphatic rings. The second-order valence-electron chi connectivity index (χ2n) is 3.69. The number of carbonyl (C=O) groups excluding carboxylic acids is 1. The number of aldehydes is 1. The van der Waals surface area contributed by atoms with E-state index < -0.39 is 0 Å². The molecule has 0 atom stereocenters. The van der Waals surface area contributed by atoms with Crippen molar-refractivity contribution in [3.63, 3.8) is 0 Å². The summed E-state index contributed by atoms with van der Waals surface area (Å²) in [7, 11) is 1.63. The molecule has 0 spiro atoms. The molecule has 0 radical (unpaired) electrons. The summed E-state index contributed by atoms with van der Waals surface area (Å²) in [5.41, 5.74) is 0.905. The Bertz CT molecular complexity index is 499. The fourth-order valence-corrected chi connectivity index (χ4v) is 1.53. The van der Waals surface area contributed by atoms with Gasteiger partial charge in [0.15, 0.2) is 12.0 Å². The van der Waals surface area contributed by atoms with Gasteiger partial charge in [0.25, 0.3) is 0 Å². The molecule has 0 saturated heterocycles. The SMILES string of the molecule is COCCOc1ccc(-c2ccc(C=O)o2)cc1. The third-order valence-corrected chi connectivity index (χ3v) is 2.44. The highest BCUT2D eigenvalue weighted by atomic mass is 16.5. The van der Waals surface area contributed by atoms with Gasteiger partial charge in [-0.15, -0.1) is 0 Å². The summed E-state index contributed by atoms with van der Waals surface area (Å²) in [6, 6.07) is 10.9. The van der Waals surface area contributed by atoms with E-state index in [1.54, 1.807) is 19.2 Å². The van der Waals surface area contributed by atoms with Crippen LogP contribution in [0.2, 0.25) is 0 Å². The fraction of sp³-hybridized carbons (Fsp3) is 0.214. The maximum absolute atomic E-state index is 10.5. The van der Waals surface area contributed by atoms with Gasteiger partial charge >= 0.3 is 0 Å². The molecule has 0 N–H and O–H groups in total. The van der Waals surface area contributed by atoms with Gasteiger partial charge < -0.3 is 13.9 Å². The molecule has 1 aromatic heterocycles. The van der Waals surface area contributed by atoms with Gasteiger partial charge in [-0.05, 0) is 36.4 Å². The molecule has 0 amide bonds. The Labute approximate surface area is 105 Å². The zero-order chi connectivity index (χ0) is 12.8. The van der Waals surface area contributed by atoms with Crippen LogP contribution in [0.5, 0.6) is 5.75 Å². The number of methoxy groups -OCH3 is 1. The Balaban J connectivity index is 2.04. The highest BCUT2D eigenvalue weighted by Gasteiger charge is 2.04. The second-order valence-corrected chi connectivity index (χ2v) is 3.69. The molecule has 0 bridgehead atoms. The molecule has 18 heavy (non-hydrogen) atoms. The van der Waals surface area contributed by atoms with Crippen molar-refractivity contribution in [3.8, 4) is 17.1 Å². The summed E-state index contributed by atoms with van der Waals surface area (Å²) >= 11 is 0. The van der Waals surface area contributed by atoms with Gasteiger partial charge in [-0.25, -0.2) is 0 Å². The average Bonchev–Trinajstić information content (AvgIpc) is 2.89. The molecule has 4 heteroatoms. The number of hydrogen-bond acceptors (Lipinski definition) is 4. The molecule has 2 aromatic rings. The Morgan fingerprint density at radius 3 is 2.50 bits per heavy atom. The van der Waals surface area contributed by atoms with E-state index in [2.05, 4.69) is 0 Å². The first-order chi connectivity index (χ1) is 8.83. The van der Waals surface area contributed by atoms with Crippen molar-refractivity contribution >= 4 is 6.29 Å². The first-order valence-corrected chi connectivity index (χ1v) is 5.60. The summed E-state index contributed by atoms with van der Waals surface area (Å²) < 4.78 is 15.7. The number of rotatable bonds is 6. The van der Waals surface area contributed by atoms with Crippen LogP contribution >= 0.6 is 0 Å². The molecule has 0 fully saturated rings. The average molecular weight is 246 g/mol. The monoisotopic (exact) mass is 246 g/mol. The molecule has 1 aromatic carbocycles. The Morgan fingerprint density at radius 2 is 1.89 bits per heavy atom. The minimum absolute atomic E-state index is 0.324. The molecule has 0 unspecified atom stereocenters. The molecule has 1 heterocycles. The highest BCUT2D eigenvalue weighted by molar-refractivity contribution is 5.72. The lowest BCUT2D eigenvalue weighted by molar-refractivity contribution is 0.110. The van der Waals surface area contributed by atoms with Crippen LogP contribution in [0.15, 0.2) is 40.8 Å². The van der Waals surface area contributed by atoms with Gasteiger partial charge in [-0.2, -0.15) is 0 Å². The normalized spacial score (nSPS) is 10.3.